The molecule has 0 spiro atoms. The second-order valence-electron chi connectivity index (χ2n) is 10.2. The monoisotopic (exact) mass is 562 g/mol. The number of nitrogens with one attached hydrogen (secondary N) is 1. The molecule has 10 heteroatoms. The van der Waals surface area contributed by atoms with Crippen LogP contribution in [0.3, 0.4) is 0 Å². The van der Waals surface area contributed by atoms with E-state index in [0.29, 0.717) is 37.6 Å². The highest BCUT2D eigenvalue weighted by atomic mass is 19.1. The van der Waals surface area contributed by atoms with Crippen molar-refractivity contribution in [2.45, 2.75) is 44.9 Å². The molecule has 41 heavy (non-hydrogen) atoms. The zero-order chi connectivity index (χ0) is 28.8. The number of fused-ring (bicyclic) bond motifs is 1. The minimum absolute atomic E-state index is 0.0196. The molecule has 2 aromatic carbocycles. The highest BCUT2D eigenvalue weighted by Crippen LogP contribution is 2.33. The number of amides is 2. The minimum Gasteiger partial charge on any atom is -0.493 e. The number of allylic oxidation sites excluding steroid dienone is 1. The number of hydrazine groups is 1. The molecule has 216 valence electrons. The van der Waals surface area contributed by atoms with Gasteiger partial charge in [-0.05, 0) is 37.3 Å². The number of aliphatic hydroxyl groups excluding tert-OH is 1. The molecule has 1 fully saturated rings. The number of ether oxygens (including phenoxy) is 2. The SMILES string of the molecule is CN1CN2CCCC/C=C\CCOc3cc(F)ccc3CNC(=O)C3=CN2C(=C(OCc2ccccc2)C3O)C1=O. The highest BCUT2D eigenvalue weighted by molar-refractivity contribution is 5.99. The highest BCUT2D eigenvalue weighted by Gasteiger charge is 2.42. The van der Waals surface area contributed by atoms with Gasteiger partial charge in [-0.1, -0.05) is 48.6 Å². The van der Waals surface area contributed by atoms with Crippen LogP contribution in [0.2, 0.25) is 0 Å². The maximum Gasteiger partial charge on any atom is 0.276 e. The van der Waals surface area contributed by atoms with Crippen molar-refractivity contribution >= 4 is 11.8 Å². The smallest absolute Gasteiger partial charge is 0.276 e. The number of rotatable bonds is 3. The molecular weight excluding hydrogens is 527 g/mol. The molecule has 2 bridgehead atoms. The van der Waals surface area contributed by atoms with Gasteiger partial charge in [0.15, 0.2) is 11.5 Å². The fourth-order valence-corrected chi connectivity index (χ4v) is 4.99. The fraction of sp³-hybridized carbons (Fsp3) is 0.355. The topological polar surface area (TPSA) is 94.6 Å². The van der Waals surface area contributed by atoms with Crippen LogP contribution in [0.4, 0.5) is 4.39 Å². The van der Waals surface area contributed by atoms with E-state index >= 15 is 0 Å². The summed E-state index contributed by atoms with van der Waals surface area (Å²) < 4.78 is 25.9. The van der Waals surface area contributed by atoms with Gasteiger partial charge in [0.2, 0.25) is 0 Å². The van der Waals surface area contributed by atoms with Gasteiger partial charge in [0.1, 0.15) is 24.3 Å². The van der Waals surface area contributed by atoms with Crippen molar-refractivity contribution in [3.05, 3.63) is 101 Å². The van der Waals surface area contributed by atoms with Gasteiger partial charge >= 0.3 is 0 Å². The van der Waals surface area contributed by atoms with Gasteiger partial charge in [-0.2, -0.15) is 5.01 Å². The van der Waals surface area contributed by atoms with E-state index in [9.17, 15) is 19.1 Å². The first-order valence-electron chi connectivity index (χ1n) is 13.9. The fourth-order valence-electron chi connectivity index (χ4n) is 4.99. The third-order valence-electron chi connectivity index (χ3n) is 7.21. The lowest BCUT2D eigenvalue weighted by Crippen LogP contribution is -2.57. The molecule has 1 saturated heterocycles. The van der Waals surface area contributed by atoms with Crippen LogP contribution in [0, 0.1) is 5.82 Å². The molecule has 1 unspecified atom stereocenters. The maximum atomic E-state index is 14.0. The number of halogens is 1. The molecule has 2 aromatic rings. The summed E-state index contributed by atoms with van der Waals surface area (Å²) in [6.07, 6.45) is 7.53. The quantitative estimate of drug-likeness (QED) is 0.553. The van der Waals surface area contributed by atoms with E-state index in [-0.39, 0.29) is 36.1 Å². The van der Waals surface area contributed by atoms with Crippen LogP contribution in [-0.4, -0.2) is 64.8 Å². The standard InChI is InChI=1S/C31H35FN4O5/c1-34-21-35-15-9-4-2-3-5-10-16-40-26-17-24(32)14-13-23(26)18-33-30(38)25-19-36(35)27(31(34)39)29(28(25)37)41-20-22-11-7-6-8-12-22/h3,5-8,11-14,17,19,28,37H,2,4,9-10,15-16,18,20-21H2,1H3,(H,33,38)/b5-3-. The van der Waals surface area contributed by atoms with Crippen molar-refractivity contribution in [2.75, 3.05) is 26.9 Å². The lowest BCUT2D eigenvalue weighted by molar-refractivity contribution is -0.145. The zero-order valence-electron chi connectivity index (χ0n) is 23.1. The van der Waals surface area contributed by atoms with E-state index in [2.05, 4.69) is 17.5 Å². The molecule has 3 aliphatic rings. The van der Waals surface area contributed by atoms with E-state index in [0.717, 1.165) is 24.8 Å². The third-order valence-corrected chi connectivity index (χ3v) is 7.21. The lowest BCUT2D eigenvalue weighted by atomic mass is 10.0. The van der Waals surface area contributed by atoms with Crippen molar-refractivity contribution in [1.82, 2.24) is 20.2 Å². The van der Waals surface area contributed by atoms with Crippen LogP contribution < -0.4 is 10.1 Å². The number of benzene rings is 2. The lowest BCUT2D eigenvalue weighted by Gasteiger charge is -2.45. The van der Waals surface area contributed by atoms with Gasteiger partial charge in [-0.25, -0.2) is 4.39 Å². The van der Waals surface area contributed by atoms with Crippen molar-refractivity contribution in [1.29, 1.82) is 0 Å². The number of nitrogens with zero attached hydrogens (tertiary/aromatic N) is 3. The molecule has 3 aliphatic heterocycles. The Morgan fingerprint density at radius 1 is 1.10 bits per heavy atom. The van der Waals surface area contributed by atoms with Crippen LogP contribution in [0.25, 0.3) is 0 Å². The largest absolute Gasteiger partial charge is 0.493 e. The van der Waals surface area contributed by atoms with Gasteiger partial charge < -0.3 is 24.8 Å². The first-order valence-corrected chi connectivity index (χ1v) is 13.9. The predicted octanol–water partition coefficient (Wildman–Crippen LogP) is 3.59. The molecule has 2 N–H and O–H groups in total. The Bertz CT molecular complexity index is 1360. The summed E-state index contributed by atoms with van der Waals surface area (Å²) in [6.45, 7) is 1.49. The Kier molecular flexibility index (Phi) is 9.01. The van der Waals surface area contributed by atoms with Crippen molar-refractivity contribution in [3.63, 3.8) is 0 Å². The number of aliphatic hydroxyl groups is 1. The summed E-state index contributed by atoms with van der Waals surface area (Å²) in [5.74, 6) is -0.912. The predicted molar refractivity (Wildman–Crippen MR) is 150 cm³/mol. The van der Waals surface area contributed by atoms with Crippen LogP contribution in [0.5, 0.6) is 5.75 Å². The number of likely N-dealkylation sites (N-methyl/N-ethyl adjacent to an activating group) is 1. The molecule has 0 aromatic heterocycles. The Morgan fingerprint density at radius 3 is 2.73 bits per heavy atom. The summed E-state index contributed by atoms with van der Waals surface area (Å²) in [6, 6.07) is 13.6. The molecule has 5 rings (SSSR count). The second kappa shape index (κ2) is 13.0. The van der Waals surface area contributed by atoms with Crippen molar-refractivity contribution in [2.24, 2.45) is 0 Å². The molecular formula is C31H35FN4O5. The zero-order valence-corrected chi connectivity index (χ0v) is 23.1. The summed E-state index contributed by atoms with van der Waals surface area (Å²) in [7, 11) is 1.70. The molecule has 0 radical (unpaired) electrons. The third kappa shape index (κ3) is 6.61. The van der Waals surface area contributed by atoms with E-state index in [1.54, 1.807) is 23.0 Å². The average molecular weight is 563 g/mol. The van der Waals surface area contributed by atoms with Gasteiger partial charge in [0, 0.05) is 38.0 Å². The van der Waals surface area contributed by atoms with Crippen LogP contribution >= 0.6 is 0 Å². The first kappa shape index (κ1) is 28.4. The summed E-state index contributed by atoms with van der Waals surface area (Å²) in [5, 5.41) is 17.9. The van der Waals surface area contributed by atoms with Crippen LogP contribution in [0.1, 0.15) is 36.8 Å². The van der Waals surface area contributed by atoms with E-state index in [4.69, 9.17) is 9.47 Å². The van der Waals surface area contributed by atoms with Gasteiger partial charge in [-0.15, -0.1) is 0 Å². The Hall–Kier alpha value is -4.15. The van der Waals surface area contributed by atoms with Gasteiger partial charge in [-0.3, -0.25) is 14.6 Å². The first-order chi connectivity index (χ1) is 19.9. The van der Waals surface area contributed by atoms with Gasteiger partial charge in [0.25, 0.3) is 11.8 Å². The van der Waals surface area contributed by atoms with Crippen LogP contribution in [-0.2, 0) is 27.5 Å². The Labute approximate surface area is 239 Å². The Morgan fingerprint density at radius 2 is 1.90 bits per heavy atom. The van der Waals surface area contributed by atoms with Crippen molar-refractivity contribution < 1.29 is 28.6 Å². The van der Waals surface area contributed by atoms with E-state index < -0.39 is 17.8 Å². The summed E-state index contributed by atoms with van der Waals surface area (Å²) >= 11 is 0. The number of carbonyl (C=O) groups is 2. The number of hydrogen-bond acceptors (Lipinski definition) is 7. The summed E-state index contributed by atoms with van der Waals surface area (Å²) in [5.41, 5.74) is 1.67. The summed E-state index contributed by atoms with van der Waals surface area (Å²) in [4.78, 5) is 28.5. The Balaban J connectivity index is 1.48. The number of carbonyl (C=O) groups excluding carboxylic acids is 2. The number of hydrogen-bond donors (Lipinski definition) is 2. The van der Waals surface area contributed by atoms with Crippen molar-refractivity contribution in [3.8, 4) is 5.75 Å². The average Bonchev–Trinajstić information content (AvgIpc) is 2.97. The van der Waals surface area contributed by atoms with Gasteiger partial charge in [0.05, 0.1) is 18.8 Å². The molecule has 0 aliphatic carbocycles. The molecule has 0 saturated carbocycles. The molecule has 3 heterocycles. The molecule has 1 atom stereocenters. The van der Waals surface area contributed by atoms with E-state index in [1.807, 2.05) is 35.3 Å². The minimum atomic E-state index is -1.47. The molecule has 9 nitrogen and oxygen atoms in total. The van der Waals surface area contributed by atoms with E-state index in [1.165, 1.54) is 18.3 Å². The van der Waals surface area contributed by atoms with Crippen LogP contribution in [0.15, 0.2) is 83.9 Å². The molecule has 2 amide bonds. The normalized spacial score (nSPS) is 21.6. The second-order valence-corrected chi connectivity index (χ2v) is 10.2. The maximum absolute atomic E-state index is 14.0.